The molecule has 1 aromatic carbocycles. The molecule has 1 aromatic rings. The van der Waals surface area contributed by atoms with E-state index in [4.69, 9.17) is 15.3 Å². The number of rotatable bonds is 16. The van der Waals surface area contributed by atoms with Crippen molar-refractivity contribution in [3.8, 4) is 0 Å². The molecule has 0 saturated heterocycles. The van der Waals surface area contributed by atoms with Gasteiger partial charge in [0.2, 0.25) is 0 Å². The van der Waals surface area contributed by atoms with Crippen LogP contribution in [-0.2, 0) is 18.8 Å². The average Bonchev–Trinajstić information content (AvgIpc) is 2.91. The second-order valence-corrected chi connectivity index (χ2v) is 10.6. The van der Waals surface area contributed by atoms with Crippen molar-refractivity contribution in [2.45, 2.75) is 123 Å². The molecule has 0 saturated carbocycles. The zero-order valence-corrected chi connectivity index (χ0v) is 28.3. The topological polar surface area (TPSA) is 112 Å². The van der Waals surface area contributed by atoms with Crippen LogP contribution in [0.25, 0.3) is 0 Å². The Hall–Kier alpha value is -1.57. The summed E-state index contributed by atoms with van der Waals surface area (Å²) in [5.41, 5.74) is 1.47. The minimum atomic E-state index is -0.643. The number of hydrogen-bond donors (Lipinski definition) is 3. The SMILES string of the molecule is CCCCC(CC)C(=O)O.CCCCC(CC)C(=O)O.CCCCC(CC)C(=O)O.[SnH][CH2]c1ccccc1. The Balaban J connectivity index is -0.000000431. The van der Waals surface area contributed by atoms with Crippen molar-refractivity contribution in [3.05, 3.63) is 35.9 Å². The number of aliphatic carboxylic acids is 3. The maximum atomic E-state index is 10.4. The van der Waals surface area contributed by atoms with Gasteiger partial charge in [-0.3, -0.25) is 14.4 Å². The van der Waals surface area contributed by atoms with E-state index < -0.39 is 17.9 Å². The molecule has 3 atom stereocenters. The molecule has 0 aliphatic carbocycles. The third-order valence-electron chi connectivity index (χ3n) is 6.32. The number of unbranched alkanes of at least 4 members (excludes halogenated alkanes) is 3. The van der Waals surface area contributed by atoms with Crippen LogP contribution in [-0.4, -0.2) is 55.8 Å². The first kappa shape index (κ1) is 40.9. The molecule has 220 valence electrons. The quantitative estimate of drug-likeness (QED) is 0.158. The molecule has 0 aromatic heterocycles. The first-order chi connectivity index (χ1) is 18.1. The molecule has 6 nitrogen and oxygen atoms in total. The minimum absolute atomic E-state index is 0.111. The van der Waals surface area contributed by atoms with Crippen LogP contribution in [0.1, 0.15) is 124 Å². The van der Waals surface area contributed by atoms with Gasteiger partial charge in [-0.1, -0.05) is 80.1 Å². The van der Waals surface area contributed by atoms with Crippen LogP contribution in [0.4, 0.5) is 0 Å². The maximum absolute atomic E-state index is 10.4. The Morgan fingerprint density at radius 3 is 1.05 bits per heavy atom. The van der Waals surface area contributed by atoms with Gasteiger partial charge >= 0.3 is 80.8 Å². The first-order valence-electron chi connectivity index (χ1n) is 14.5. The van der Waals surface area contributed by atoms with Gasteiger partial charge in [0.05, 0.1) is 17.8 Å². The zero-order valence-electron chi connectivity index (χ0n) is 25.0. The van der Waals surface area contributed by atoms with Crippen LogP contribution in [0, 0.1) is 17.8 Å². The standard InChI is InChI=1S/3C8H16O2.C7H7.Sn.H/c3*1-3-5-6-7(4-2)8(9)10;1-7-5-3-2-4-6-7;;/h3*7H,3-6H2,1-2H3,(H,9,10);2-6H,1H2;;. The fraction of sp³-hybridized carbons (Fsp3) is 0.710. The summed E-state index contributed by atoms with van der Waals surface area (Å²) >= 11 is 1.33. The van der Waals surface area contributed by atoms with E-state index in [1.165, 1.54) is 32.5 Å². The Morgan fingerprint density at radius 2 is 0.895 bits per heavy atom. The van der Waals surface area contributed by atoms with E-state index in [9.17, 15) is 14.4 Å². The molecule has 0 aliphatic rings. The molecule has 0 heterocycles. The van der Waals surface area contributed by atoms with Gasteiger partial charge in [-0.25, -0.2) is 0 Å². The summed E-state index contributed by atoms with van der Waals surface area (Å²) in [6.45, 7) is 12.0. The van der Waals surface area contributed by atoms with Gasteiger partial charge in [-0.05, 0) is 38.5 Å². The monoisotopic (exact) mass is 644 g/mol. The molecule has 0 bridgehead atoms. The van der Waals surface area contributed by atoms with E-state index in [2.05, 4.69) is 51.1 Å². The van der Waals surface area contributed by atoms with Crippen molar-refractivity contribution >= 4 is 40.4 Å². The van der Waals surface area contributed by atoms with Gasteiger partial charge in [-0.2, -0.15) is 0 Å². The fourth-order valence-corrected chi connectivity index (χ4v) is 4.25. The molecule has 2 radical (unpaired) electrons. The van der Waals surface area contributed by atoms with Crippen molar-refractivity contribution < 1.29 is 29.7 Å². The summed E-state index contributed by atoms with van der Waals surface area (Å²) in [5, 5.41) is 25.8. The molecular weight excluding hydrogens is 587 g/mol. The van der Waals surface area contributed by atoms with E-state index in [0.717, 1.165) is 77.0 Å². The van der Waals surface area contributed by atoms with E-state index >= 15 is 0 Å². The Bertz CT molecular complexity index is 618. The van der Waals surface area contributed by atoms with E-state index in [1.807, 2.05) is 20.8 Å². The summed E-state index contributed by atoms with van der Waals surface area (Å²) in [5.74, 6) is -2.26. The van der Waals surface area contributed by atoms with Crippen molar-refractivity contribution in [3.63, 3.8) is 0 Å². The molecular formula is C31H56O6Sn. The van der Waals surface area contributed by atoms with Crippen molar-refractivity contribution in [1.82, 2.24) is 0 Å². The van der Waals surface area contributed by atoms with Crippen molar-refractivity contribution in [2.75, 3.05) is 0 Å². The van der Waals surface area contributed by atoms with Gasteiger partial charge < -0.3 is 15.3 Å². The predicted octanol–water partition coefficient (Wildman–Crippen LogP) is 7.95. The third kappa shape index (κ3) is 26.1. The van der Waals surface area contributed by atoms with Crippen LogP contribution in [0.2, 0.25) is 0 Å². The molecule has 3 unspecified atom stereocenters. The van der Waals surface area contributed by atoms with Crippen LogP contribution >= 0.6 is 0 Å². The van der Waals surface area contributed by atoms with E-state index in [0.29, 0.717) is 0 Å². The average molecular weight is 643 g/mol. The second kappa shape index (κ2) is 30.0. The zero-order chi connectivity index (χ0) is 29.8. The Labute approximate surface area is 246 Å². The Morgan fingerprint density at radius 1 is 0.605 bits per heavy atom. The van der Waals surface area contributed by atoms with Crippen molar-refractivity contribution in [1.29, 1.82) is 0 Å². The molecule has 0 spiro atoms. The molecule has 0 aliphatic heterocycles. The van der Waals surface area contributed by atoms with E-state index in [1.54, 1.807) is 0 Å². The molecule has 3 N–H and O–H groups in total. The summed E-state index contributed by atoms with van der Waals surface area (Å²) in [6.07, 6.45) is 11.1. The molecule has 1 rings (SSSR count). The normalized spacial score (nSPS) is 12.2. The van der Waals surface area contributed by atoms with Gasteiger partial charge in [0.25, 0.3) is 0 Å². The van der Waals surface area contributed by atoms with Crippen LogP contribution in [0.3, 0.4) is 0 Å². The van der Waals surface area contributed by atoms with Gasteiger partial charge in [0.1, 0.15) is 0 Å². The summed E-state index contributed by atoms with van der Waals surface area (Å²) in [7, 11) is 0. The van der Waals surface area contributed by atoms with Crippen LogP contribution < -0.4 is 0 Å². The molecule has 0 fully saturated rings. The summed E-state index contributed by atoms with van der Waals surface area (Å²) in [4.78, 5) is 31.3. The van der Waals surface area contributed by atoms with Gasteiger partial charge in [-0.15, -0.1) is 0 Å². The predicted molar refractivity (Wildman–Crippen MR) is 160 cm³/mol. The number of carboxylic acids is 3. The van der Waals surface area contributed by atoms with Crippen molar-refractivity contribution in [2.24, 2.45) is 17.8 Å². The van der Waals surface area contributed by atoms with Crippen LogP contribution in [0.15, 0.2) is 30.3 Å². The van der Waals surface area contributed by atoms with Gasteiger partial charge in [0.15, 0.2) is 0 Å². The number of benzene rings is 1. The number of carbonyl (C=O) groups is 3. The number of hydrogen-bond acceptors (Lipinski definition) is 3. The summed E-state index contributed by atoms with van der Waals surface area (Å²) in [6, 6.07) is 10.6. The Kier molecular flexibility index (Phi) is 32.3. The third-order valence-corrected chi connectivity index (χ3v) is 7.67. The van der Waals surface area contributed by atoms with Gasteiger partial charge in [0, 0.05) is 0 Å². The molecule has 38 heavy (non-hydrogen) atoms. The molecule has 7 heteroatoms. The summed E-state index contributed by atoms with van der Waals surface area (Å²) < 4.78 is 1.27. The van der Waals surface area contributed by atoms with Crippen LogP contribution in [0.5, 0.6) is 0 Å². The fourth-order valence-electron chi connectivity index (χ4n) is 3.47. The second-order valence-electron chi connectivity index (χ2n) is 9.45. The number of carboxylic acid groups (broad SMARTS) is 3. The molecule has 0 amide bonds. The van der Waals surface area contributed by atoms with E-state index in [-0.39, 0.29) is 17.8 Å². The first-order valence-corrected chi connectivity index (χ1v) is 16.8.